The van der Waals surface area contributed by atoms with Crippen LogP contribution in [0.25, 0.3) is 10.9 Å². The zero-order valence-electron chi connectivity index (χ0n) is 15.6. The van der Waals surface area contributed by atoms with Crippen molar-refractivity contribution in [1.29, 1.82) is 0 Å². The second-order valence-electron chi connectivity index (χ2n) is 6.94. The van der Waals surface area contributed by atoms with Crippen LogP contribution in [0, 0.1) is 0 Å². The predicted octanol–water partition coefficient (Wildman–Crippen LogP) is 1.54. The summed E-state index contributed by atoms with van der Waals surface area (Å²) in [5, 5.41) is 8.39. The first-order chi connectivity index (χ1) is 13.2. The second-order valence-corrected chi connectivity index (χ2v) is 6.94. The molecule has 2 saturated heterocycles. The van der Waals surface area contributed by atoms with E-state index in [2.05, 4.69) is 21.4 Å². The van der Waals surface area contributed by atoms with Crippen LogP contribution in [0.2, 0.25) is 0 Å². The summed E-state index contributed by atoms with van der Waals surface area (Å²) in [6.45, 7) is 4.29. The van der Waals surface area contributed by atoms with Crippen LogP contribution >= 0.6 is 0 Å². The first kappa shape index (κ1) is 18.2. The third-order valence-electron chi connectivity index (χ3n) is 5.03. The molecule has 0 aliphatic carbocycles. The van der Waals surface area contributed by atoms with Crippen molar-refractivity contribution >= 4 is 28.3 Å². The minimum absolute atomic E-state index is 0.00233. The van der Waals surface area contributed by atoms with E-state index in [1.165, 1.54) is 0 Å². The molecule has 1 unspecified atom stereocenters. The normalized spacial score (nSPS) is 20.3. The van der Waals surface area contributed by atoms with E-state index in [4.69, 9.17) is 14.2 Å². The monoisotopic (exact) mass is 374 g/mol. The molecule has 0 bridgehead atoms. The number of nitrogens with zero attached hydrogens (tertiary/aromatic N) is 3. The SMILES string of the molecule is Cn1nc(NC(=O)COCC2CCCO2)c2c(N3CCOCC3)cccc21. The fourth-order valence-electron chi connectivity index (χ4n) is 3.68. The third-order valence-corrected chi connectivity index (χ3v) is 5.03. The Morgan fingerprint density at radius 1 is 1.33 bits per heavy atom. The summed E-state index contributed by atoms with van der Waals surface area (Å²) in [7, 11) is 1.88. The minimum Gasteiger partial charge on any atom is -0.378 e. The molecule has 2 aromatic rings. The van der Waals surface area contributed by atoms with Crippen LogP contribution in [0.3, 0.4) is 0 Å². The van der Waals surface area contributed by atoms with Gasteiger partial charge in [0, 0.05) is 26.7 Å². The molecule has 3 heterocycles. The molecule has 8 heteroatoms. The molecular formula is C19H26N4O4. The molecule has 0 spiro atoms. The number of carbonyl (C=O) groups excluding carboxylic acids is 1. The predicted molar refractivity (Wildman–Crippen MR) is 102 cm³/mol. The van der Waals surface area contributed by atoms with Gasteiger partial charge in [-0.3, -0.25) is 9.48 Å². The molecule has 1 aromatic heterocycles. The van der Waals surface area contributed by atoms with Gasteiger partial charge >= 0.3 is 0 Å². The molecule has 1 aromatic carbocycles. The van der Waals surface area contributed by atoms with Gasteiger partial charge in [0.2, 0.25) is 0 Å². The maximum atomic E-state index is 12.4. The number of aromatic nitrogens is 2. The number of hydrogen-bond donors (Lipinski definition) is 1. The lowest BCUT2D eigenvalue weighted by atomic mass is 10.1. The molecule has 146 valence electrons. The lowest BCUT2D eigenvalue weighted by molar-refractivity contribution is -0.121. The van der Waals surface area contributed by atoms with E-state index in [1.807, 2.05) is 19.2 Å². The second kappa shape index (κ2) is 8.24. The van der Waals surface area contributed by atoms with Crippen LogP contribution in [-0.2, 0) is 26.1 Å². The Balaban J connectivity index is 1.48. The number of amides is 1. The first-order valence-corrected chi connectivity index (χ1v) is 9.50. The average Bonchev–Trinajstić information content (AvgIpc) is 3.31. The van der Waals surface area contributed by atoms with E-state index in [0.717, 1.165) is 49.1 Å². The van der Waals surface area contributed by atoms with Crippen LogP contribution in [-0.4, -0.2) is 67.9 Å². The van der Waals surface area contributed by atoms with Crippen LogP contribution in [0.4, 0.5) is 11.5 Å². The van der Waals surface area contributed by atoms with Crippen molar-refractivity contribution in [3.8, 4) is 0 Å². The largest absolute Gasteiger partial charge is 0.378 e. The molecule has 1 amide bonds. The summed E-state index contributed by atoms with van der Waals surface area (Å²) in [5.41, 5.74) is 2.05. The fraction of sp³-hybridized carbons (Fsp3) is 0.579. The van der Waals surface area contributed by atoms with Crippen LogP contribution in [0.1, 0.15) is 12.8 Å². The maximum Gasteiger partial charge on any atom is 0.251 e. The van der Waals surface area contributed by atoms with E-state index in [0.29, 0.717) is 25.6 Å². The zero-order valence-corrected chi connectivity index (χ0v) is 15.6. The van der Waals surface area contributed by atoms with Crippen molar-refractivity contribution < 1.29 is 19.0 Å². The van der Waals surface area contributed by atoms with Crippen molar-refractivity contribution in [1.82, 2.24) is 9.78 Å². The van der Waals surface area contributed by atoms with Gasteiger partial charge in [-0.25, -0.2) is 0 Å². The molecule has 4 rings (SSSR count). The molecule has 2 aliphatic rings. The fourth-order valence-corrected chi connectivity index (χ4v) is 3.68. The van der Waals surface area contributed by atoms with Gasteiger partial charge in [-0.2, -0.15) is 5.10 Å². The molecule has 1 N–H and O–H groups in total. The van der Waals surface area contributed by atoms with Crippen LogP contribution in [0.5, 0.6) is 0 Å². The van der Waals surface area contributed by atoms with E-state index < -0.39 is 0 Å². The highest BCUT2D eigenvalue weighted by Crippen LogP contribution is 2.33. The highest BCUT2D eigenvalue weighted by molar-refractivity contribution is 6.06. The van der Waals surface area contributed by atoms with Gasteiger partial charge in [0.15, 0.2) is 5.82 Å². The van der Waals surface area contributed by atoms with Crippen molar-refractivity contribution in [3.63, 3.8) is 0 Å². The summed E-state index contributed by atoms with van der Waals surface area (Å²) < 4.78 is 18.3. The number of hydrogen-bond acceptors (Lipinski definition) is 6. The number of rotatable bonds is 6. The van der Waals surface area contributed by atoms with Gasteiger partial charge in [0.1, 0.15) is 6.61 Å². The average molecular weight is 374 g/mol. The molecule has 0 saturated carbocycles. The van der Waals surface area contributed by atoms with Crippen molar-refractivity contribution in [2.45, 2.75) is 18.9 Å². The lowest BCUT2D eigenvalue weighted by Gasteiger charge is -2.29. The van der Waals surface area contributed by atoms with E-state index >= 15 is 0 Å². The summed E-state index contributed by atoms with van der Waals surface area (Å²) in [6, 6.07) is 6.10. The number of anilines is 2. The molecule has 0 radical (unpaired) electrons. The van der Waals surface area contributed by atoms with Crippen molar-refractivity contribution in [3.05, 3.63) is 18.2 Å². The number of morpholine rings is 1. The molecule has 2 fully saturated rings. The molecule has 1 atom stereocenters. The molecule has 8 nitrogen and oxygen atoms in total. The van der Waals surface area contributed by atoms with Crippen molar-refractivity contribution in [2.24, 2.45) is 7.05 Å². The van der Waals surface area contributed by atoms with Crippen LogP contribution in [0.15, 0.2) is 18.2 Å². The molecule has 2 aliphatic heterocycles. The quantitative estimate of drug-likeness (QED) is 0.827. The van der Waals surface area contributed by atoms with E-state index in [1.54, 1.807) is 4.68 Å². The Labute approximate surface area is 158 Å². The Hall–Kier alpha value is -2.16. The van der Waals surface area contributed by atoms with Gasteiger partial charge in [0.05, 0.1) is 42.5 Å². The summed E-state index contributed by atoms with van der Waals surface area (Å²) in [4.78, 5) is 14.6. The first-order valence-electron chi connectivity index (χ1n) is 9.50. The van der Waals surface area contributed by atoms with Gasteiger partial charge in [-0.15, -0.1) is 0 Å². The molecular weight excluding hydrogens is 348 g/mol. The van der Waals surface area contributed by atoms with Gasteiger partial charge in [-0.1, -0.05) is 6.07 Å². The van der Waals surface area contributed by atoms with E-state index in [-0.39, 0.29) is 18.6 Å². The Bertz CT molecular complexity index is 794. The van der Waals surface area contributed by atoms with Crippen molar-refractivity contribution in [2.75, 3.05) is 56.3 Å². The summed E-state index contributed by atoms with van der Waals surface area (Å²) in [5.74, 6) is 0.366. The number of ether oxygens (including phenoxy) is 3. The summed E-state index contributed by atoms with van der Waals surface area (Å²) >= 11 is 0. The molecule has 27 heavy (non-hydrogen) atoms. The smallest absolute Gasteiger partial charge is 0.251 e. The number of carbonyl (C=O) groups is 1. The highest BCUT2D eigenvalue weighted by Gasteiger charge is 2.21. The maximum absolute atomic E-state index is 12.4. The van der Waals surface area contributed by atoms with Gasteiger partial charge < -0.3 is 24.4 Å². The van der Waals surface area contributed by atoms with E-state index in [9.17, 15) is 4.79 Å². The van der Waals surface area contributed by atoms with Gasteiger partial charge in [0.25, 0.3) is 5.91 Å². The minimum atomic E-state index is -0.204. The summed E-state index contributed by atoms with van der Waals surface area (Å²) in [6.07, 6.45) is 2.17. The topological polar surface area (TPSA) is 77.9 Å². The highest BCUT2D eigenvalue weighted by atomic mass is 16.5. The number of aryl methyl sites for hydroxylation is 1. The number of fused-ring (bicyclic) bond motifs is 1. The standard InChI is InChI=1S/C19H26N4O4/c1-22-15-5-2-6-16(23-7-10-25-11-8-23)18(15)19(21-22)20-17(24)13-26-12-14-4-3-9-27-14/h2,5-6,14H,3-4,7-13H2,1H3,(H,20,21,24). The Morgan fingerprint density at radius 2 is 2.19 bits per heavy atom. The Kier molecular flexibility index (Phi) is 5.56. The third kappa shape index (κ3) is 4.07. The van der Waals surface area contributed by atoms with Gasteiger partial charge in [-0.05, 0) is 25.0 Å². The van der Waals surface area contributed by atoms with Crippen LogP contribution < -0.4 is 10.2 Å². The number of benzene rings is 1. The zero-order chi connectivity index (χ0) is 18.6. The Morgan fingerprint density at radius 3 is 2.96 bits per heavy atom. The lowest BCUT2D eigenvalue weighted by Crippen LogP contribution is -2.36. The number of nitrogens with one attached hydrogen (secondary N) is 1.